The zero-order valence-electron chi connectivity index (χ0n) is 8.71. The summed E-state index contributed by atoms with van der Waals surface area (Å²) in [6.45, 7) is 6.14. The van der Waals surface area contributed by atoms with E-state index in [-0.39, 0.29) is 11.8 Å². The monoisotopic (exact) mass is 257 g/mol. The second-order valence-corrected chi connectivity index (χ2v) is 4.78. The average Bonchev–Trinajstić information content (AvgIpc) is 2.10. The fourth-order valence-electron chi connectivity index (χ4n) is 1.40. The molecular formula is C11H16BrNO. The summed E-state index contributed by atoms with van der Waals surface area (Å²) in [6, 6.07) is 3.66. The zero-order valence-corrected chi connectivity index (χ0v) is 10.3. The van der Waals surface area contributed by atoms with Gasteiger partial charge in [-0.1, -0.05) is 13.8 Å². The summed E-state index contributed by atoms with van der Waals surface area (Å²) < 4.78 is 0.703. The number of rotatable bonds is 2. The molecule has 0 bridgehead atoms. The third kappa shape index (κ3) is 2.28. The van der Waals surface area contributed by atoms with Crippen LogP contribution in [0.4, 0.5) is 0 Å². The Labute approximate surface area is 93.3 Å². The Balaban J connectivity index is 3.15. The van der Waals surface area contributed by atoms with E-state index in [0.29, 0.717) is 10.4 Å². The van der Waals surface area contributed by atoms with E-state index in [1.807, 2.05) is 13.0 Å². The molecule has 0 radical (unpaired) electrons. The van der Waals surface area contributed by atoms with Crippen molar-refractivity contribution in [3.63, 3.8) is 0 Å². The summed E-state index contributed by atoms with van der Waals surface area (Å²) in [5.74, 6) is 0.660. The third-order valence-corrected chi connectivity index (χ3v) is 3.05. The average molecular weight is 258 g/mol. The molecule has 1 aromatic rings. The van der Waals surface area contributed by atoms with Crippen LogP contribution in [0.25, 0.3) is 0 Å². The lowest BCUT2D eigenvalue weighted by atomic mass is 9.93. The molecule has 0 aliphatic heterocycles. The van der Waals surface area contributed by atoms with Crippen LogP contribution in [0, 0.1) is 12.8 Å². The molecule has 3 heteroatoms. The lowest BCUT2D eigenvalue weighted by Crippen LogP contribution is -2.17. The van der Waals surface area contributed by atoms with Crippen LogP contribution in [0.5, 0.6) is 5.75 Å². The number of phenols is 1. The fraction of sp³-hybridized carbons (Fsp3) is 0.455. The second-order valence-electron chi connectivity index (χ2n) is 3.93. The van der Waals surface area contributed by atoms with E-state index in [9.17, 15) is 5.11 Å². The summed E-state index contributed by atoms with van der Waals surface area (Å²) in [6.07, 6.45) is 0. The minimum absolute atomic E-state index is 0.0203. The number of hydrogen-bond donors (Lipinski definition) is 2. The van der Waals surface area contributed by atoms with Crippen LogP contribution in [0.3, 0.4) is 0 Å². The second kappa shape index (κ2) is 4.32. The highest BCUT2D eigenvalue weighted by Crippen LogP contribution is 2.31. The molecule has 1 unspecified atom stereocenters. The van der Waals surface area contributed by atoms with Gasteiger partial charge in [0.25, 0.3) is 0 Å². The van der Waals surface area contributed by atoms with E-state index in [4.69, 9.17) is 5.73 Å². The maximum Gasteiger partial charge on any atom is 0.130 e. The Hall–Kier alpha value is -0.540. The molecule has 0 saturated carbocycles. The standard InChI is InChI=1S/C11H16BrNO/c1-6(2)11(13)8-5-9(12)10(14)4-7(8)3/h4-6,11,14H,13H2,1-3H3. The van der Waals surface area contributed by atoms with Crippen molar-refractivity contribution in [3.05, 3.63) is 27.7 Å². The molecule has 0 aromatic heterocycles. The molecule has 0 spiro atoms. The van der Waals surface area contributed by atoms with Crippen LogP contribution < -0.4 is 5.73 Å². The Morgan fingerprint density at radius 1 is 1.36 bits per heavy atom. The highest BCUT2D eigenvalue weighted by molar-refractivity contribution is 9.10. The molecule has 14 heavy (non-hydrogen) atoms. The SMILES string of the molecule is Cc1cc(O)c(Br)cc1C(N)C(C)C. The summed E-state index contributed by atoms with van der Waals surface area (Å²) in [4.78, 5) is 0. The lowest BCUT2D eigenvalue weighted by Gasteiger charge is -2.19. The first-order valence-electron chi connectivity index (χ1n) is 4.68. The fourth-order valence-corrected chi connectivity index (χ4v) is 1.76. The molecule has 0 saturated heterocycles. The van der Waals surface area contributed by atoms with Crippen molar-refractivity contribution in [1.82, 2.24) is 0 Å². The van der Waals surface area contributed by atoms with E-state index < -0.39 is 0 Å². The number of aryl methyl sites for hydroxylation is 1. The first-order chi connectivity index (χ1) is 6.43. The van der Waals surface area contributed by atoms with Crippen molar-refractivity contribution in [2.75, 3.05) is 0 Å². The van der Waals surface area contributed by atoms with Crippen molar-refractivity contribution >= 4 is 15.9 Å². The largest absolute Gasteiger partial charge is 0.507 e. The summed E-state index contributed by atoms with van der Waals surface area (Å²) in [7, 11) is 0. The van der Waals surface area contributed by atoms with E-state index >= 15 is 0 Å². The zero-order chi connectivity index (χ0) is 10.9. The van der Waals surface area contributed by atoms with Gasteiger partial charge in [0.2, 0.25) is 0 Å². The molecule has 3 N–H and O–H groups in total. The molecule has 0 amide bonds. The number of nitrogens with two attached hydrogens (primary N) is 1. The first kappa shape index (κ1) is 11.5. The van der Waals surface area contributed by atoms with Crippen LogP contribution >= 0.6 is 15.9 Å². The first-order valence-corrected chi connectivity index (χ1v) is 5.47. The summed E-state index contributed by atoms with van der Waals surface area (Å²) in [5, 5.41) is 9.46. The van der Waals surface area contributed by atoms with Crippen molar-refractivity contribution in [2.45, 2.75) is 26.8 Å². The van der Waals surface area contributed by atoms with E-state index in [1.165, 1.54) is 0 Å². The third-order valence-electron chi connectivity index (χ3n) is 2.41. The molecule has 78 valence electrons. The van der Waals surface area contributed by atoms with E-state index in [2.05, 4.69) is 29.8 Å². The minimum atomic E-state index is 0.0203. The van der Waals surface area contributed by atoms with E-state index in [1.54, 1.807) is 6.07 Å². The number of aromatic hydroxyl groups is 1. The van der Waals surface area contributed by atoms with Crippen LogP contribution in [-0.4, -0.2) is 5.11 Å². The molecule has 0 fully saturated rings. The van der Waals surface area contributed by atoms with Crippen molar-refractivity contribution in [3.8, 4) is 5.75 Å². The Kier molecular flexibility index (Phi) is 3.56. The summed E-state index contributed by atoms with van der Waals surface area (Å²) >= 11 is 3.29. The number of hydrogen-bond acceptors (Lipinski definition) is 2. The Morgan fingerprint density at radius 3 is 2.43 bits per heavy atom. The Morgan fingerprint density at radius 2 is 1.93 bits per heavy atom. The van der Waals surface area contributed by atoms with Gasteiger partial charge in [-0.2, -0.15) is 0 Å². The summed E-state index contributed by atoms with van der Waals surface area (Å²) in [5.41, 5.74) is 8.18. The topological polar surface area (TPSA) is 46.2 Å². The van der Waals surface area contributed by atoms with Crippen LogP contribution in [-0.2, 0) is 0 Å². The highest BCUT2D eigenvalue weighted by Gasteiger charge is 2.14. The number of halogens is 1. The molecule has 1 aromatic carbocycles. The maximum atomic E-state index is 9.46. The molecular weight excluding hydrogens is 242 g/mol. The Bertz CT molecular complexity index is 336. The van der Waals surface area contributed by atoms with Crippen LogP contribution in [0.15, 0.2) is 16.6 Å². The van der Waals surface area contributed by atoms with Crippen molar-refractivity contribution in [2.24, 2.45) is 11.7 Å². The van der Waals surface area contributed by atoms with Gasteiger partial charge in [-0.3, -0.25) is 0 Å². The van der Waals surface area contributed by atoms with Gasteiger partial charge in [-0.15, -0.1) is 0 Å². The molecule has 0 heterocycles. The molecule has 2 nitrogen and oxygen atoms in total. The van der Waals surface area contributed by atoms with Crippen molar-refractivity contribution in [1.29, 1.82) is 0 Å². The van der Waals surface area contributed by atoms with Gasteiger partial charge >= 0.3 is 0 Å². The molecule has 1 rings (SSSR count). The van der Waals surface area contributed by atoms with Gasteiger partial charge < -0.3 is 10.8 Å². The van der Waals surface area contributed by atoms with Gasteiger partial charge in [0.15, 0.2) is 0 Å². The van der Waals surface area contributed by atoms with Gasteiger partial charge in [0.05, 0.1) is 4.47 Å². The van der Waals surface area contributed by atoms with Gasteiger partial charge in [-0.05, 0) is 52.0 Å². The van der Waals surface area contributed by atoms with Gasteiger partial charge in [0.1, 0.15) is 5.75 Å². The van der Waals surface area contributed by atoms with Gasteiger partial charge in [0, 0.05) is 6.04 Å². The van der Waals surface area contributed by atoms with Gasteiger partial charge in [-0.25, -0.2) is 0 Å². The van der Waals surface area contributed by atoms with E-state index in [0.717, 1.165) is 11.1 Å². The quantitative estimate of drug-likeness (QED) is 0.856. The predicted molar refractivity (Wildman–Crippen MR) is 62.3 cm³/mol. The maximum absolute atomic E-state index is 9.46. The smallest absolute Gasteiger partial charge is 0.130 e. The lowest BCUT2D eigenvalue weighted by molar-refractivity contribution is 0.468. The normalized spacial score (nSPS) is 13.3. The number of benzene rings is 1. The predicted octanol–water partition coefficient (Wildman–Crippen LogP) is 3.12. The molecule has 1 atom stereocenters. The minimum Gasteiger partial charge on any atom is -0.507 e. The highest BCUT2D eigenvalue weighted by atomic mass is 79.9. The number of phenolic OH excluding ortho intramolecular Hbond substituents is 1. The molecule has 0 aliphatic rings. The molecule has 0 aliphatic carbocycles. The van der Waals surface area contributed by atoms with Crippen molar-refractivity contribution < 1.29 is 5.11 Å². The van der Waals surface area contributed by atoms with Crippen LogP contribution in [0.1, 0.15) is 31.0 Å². The van der Waals surface area contributed by atoms with Crippen LogP contribution in [0.2, 0.25) is 0 Å².